The smallest absolute Gasteiger partial charge is 0.166 e. The zero-order valence-electron chi connectivity index (χ0n) is 10.2. The minimum absolute atomic E-state index is 0.116. The molecular weight excluding hydrogens is 265 g/mol. The second-order valence-corrected chi connectivity index (χ2v) is 4.23. The number of hydrogen-bond donors (Lipinski definition) is 1. The molecule has 3 nitrogen and oxygen atoms in total. The highest BCUT2D eigenvalue weighted by Gasteiger charge is 2.07. The Morgan fingerprint density at radius 2 is 1.74 bits per heavy atom. The summed E-state index contributed by atoms with van der Waals surface area (Å²) in [5.74, 6) is 0.825. The molecule has 0 atom stereocenters. The zero-order chi connectivity index (χ0) is 13.8. The van der Waals surface area contributed by atoms with E-state index in [2.05, 4.69) is 0 Å². The monoisotopic (exact) mass is 277 g/mol. The number of thiocarbonyl (C=S) groups is 1. The molecule has 2 rings (SSSR count). The van der Waals surface area contributed by atoms with E-state index in [-0.39, 0.29) is 10.7 Å². The molecule has 0 radical (unpaired) electrons. The van der Waals surface area contributed by atoms with Crippen molar-refractivity contribution in [2.45, 2.75) is 0 Å². The third kappa shape index (κ3) is 3.20. The van der Waals surface area contributed by atoms with E-state index in [1.165, 1.54) is 12.1 Å². The molecule has 0 aliphatic carbocycles. The van der Waals surface area contributed by atoms with Gasteiger partial charge in [0.15, 0.2) is 11.6 Å². The van der Waals surface area contributed by atoms with Crippen molar-refractivity contribution < 1.29 is 13.9 Å². The van der Waals surface area contributed by atoms with Gasteiger partial charge in [-0.2, -0.15) is 0 Å². The van der Waals surface area contributed by atoms with E-state index in [1.807, 2.05) is 0 Å². The van der Waals surface area contributed by atoms with Crippen LogP contribution in [0.15, 0.2) is 42.5 Å². The van der Waals surface area contributed by atoms with E-state index in [0.29, 0.717) is 17.1 Å². The highest BCUT2D eigenvalue weighted by Crippen LogP contribution is 2.26. The first-order valence-electron chi connectivity index (χ1n) is 5.51. The van der Waals surface area contributed by atoms with Crippen molar-refractivity contribution in [1.82, 2.24) is 0 Å². The number of nitrogens with two attached hydrogens (primary N) is 1. The maximum atomic E-state index is 13.8. The molecule has 0 saturated carbocycles. The first kappa shape index (κ1) is 13.3. The molecule has 0 amide bonds. The third-order valence-corrected chi connectivity index (χ3v) is 2.74. The van der Waals surface area contributed by atoms with Gasteiger partial charge in [0.2, 0.25) is 0 Å². The van der Waals surface area contributed by atoms with Gasteiger partial charge in [-0.1, -0.05) is 12.2 Å². The summed E-state index contributed by atoms with van der Waals surface area (Å²) < 4.78 is 24.2. The number of ether oxygens (including phenoxy) is 2. The summed E-state index contributed by atoms with van der Waals surface area (Å²) in [5.41, 5.74) is 5.89. The lowest BCUT2D eigenvalue weighted by Crippen LogP contribution is -2.09. The average molecular weight is 277 g/mol. The molecule has 0 heterocycles. The van der Waals surface area contributed by atoms with Crippen LogP contribution >= 0.6 is 12.2 Å². The standard InChI is InChI=1S/C14H12FNO2S/c1-17-10-3-5-11(6-4-10)18-13-7-2-9(14(16)19)8-12(13)15/h2-8H,1H3,(H2,16,19). The molecule has 5 heteroatoms. The number of methoxy groups -OCH3 is 1. The van der Waals surface area contributed by atoms with Crippen molar-refractivity contribution in [2.24, 2.45) is 5.73 Å². The maximum absolute atomic E-state index is 13.8. The molecule has 0 unspecified atom stereocenters. The lowest BCUT2D eigenvalue weighted by molar-refractivity contribution is 0.411. The van der Waals surface area contributed by atoms with Gasteiger partial charge in [0, 0.05) is 5.56 Å². The highest BCUT2D eigenvalue weighted by atomic mass is 32.1. The molecule has 98 valence electrons. The van der Waals surface area contributed by atoms with Gasteiger partial charge in [-0.3, -0.25) is 0 Å². The minimum atomic E-state index is -0.513. The van der Waals surface area contributed by atoms with Crippen LogP contribution in [0.2, 0.25) is 0 Å². The molecule has 0 aliphatic rings. The molecule has 19 heavy (non-hydrogen) atoms. The van der Waals surface area contributed by atoms with Gasteiger partial charge in [-0.05, 0) is 42.5 Å². The molecule has 0 aliphatic heterocycles. The molecule has 0 bridgehead atoms. The molecule has 0 fully saturated rings. The predicted molar refractivity (Wildman–Crippen MR) is 75.4 cm³/mol. The summed E-state index contributed by atoms with van der Waals surface area (Å²) >= 11 is 4.78. The maximum Gasteiger partial charge on any atom is 0.166 e. The van der Waals surface area contributed by atoms with E-state index >= 15 is 0 Å². The van der Waals surface area contributed by atoms with Gasteiger partial charge in [0.1, 0.15) is 16.5 Å². The Morgan fingerprint density at radius 3 is 2.26 bits per heavy atom. The van der Waals surface area contributed by atoms with Crippen molar-refractivity contribution >= 4 is 17.2 Å². The van der Waals surface area contributed by atoms with Crippen LogP contribution in [-0.2, 0) is 0 Å². The van der Waals surface area contributed by atoms with E-state index in [0.717, 1.165) is 0 Å². The van der Waals surface area contributed by atoms with Crippen LogP contribution in [0.5, 0.6) is 17.2 Å². The summed E-state index contributed by atoms with van der Waals surface area (Å²) in [6.07, 6.45) is 0. The Kier molecular flexibility index (Phi) is 3.97. The highest BCUT2D eigenvalue weighted by molar-refractivity contribution is 7.80. The summed E-state index contributed by atoms with van der Waals surface area (Å²) in [6, 6.07) is 11.2. The Balaban J connectivity index is 2.20. The van der Waals surface area contributed by atoms with Crippen LogP contribution in [0, 0.1) is 5.82 Å². The molecule has 2 aromatic rings. The van der Waals surface area contributed by atoms with Gasteiger partial charge in [0.05, 0.1) is 7.11 Å². The van der Waals surface area contributed by atoms with Gasteiger partial charge in [-0.15, -0.1) is 0 Å². The lowest BCUT2D eigenvalue weighted by Gasteiger charge is -2.08. The van der Waals surface area contributed by atoms with Crippen LogP contribution in [0.4, 0.5) is 4.39 Å². The quantitative estimate of drug-likeness (QED) is 0.871. The van der Waals surface area contributed by atoms with Gasteiger partial charge >= 0.3 is 0 Å². The number of rotatable bonds is 4. The largest absolute Gasteiger partial charge is 0.497 e. The first-order valence-corrected chi connectivity index (χ1v) is 5.92. The Hall–Kier alpha value is -2.14. The Labute approximate surface area is 115 Å². The number of benzene rings is 2. The van der Waals surface area contributed by atoms with Crippen LogP contribution in [0.25, 0.3) is 0 Å². The molecule has 0 saturated heterocycles. The number of halogens is 1. The van der Waals surface area contributed by atoms with Crippen molar-refractivity contribution in [3.63, 3.8) is 0 Å². The fraction of sp³-hybridized carbons (Fsp3) is 0.0714. The van der Waals surface area contributed by atoms with Crippen molar-refractivity contribution in [3.05, 3.63) is 53.8 Å². The fourth-order valence-electron chi connectivity index (χ4n) is 1.51. The summed E-state index contributed by atoms with van der Waals surface area (Å²) in [6.45, 7) is 0. The predicted octanol–water partition coefficient (Wildman–Crippen LogP) is 3.26. The van der Waals surface area contributed by atoms with Crippen LogP contribution in [-0.4, -0.2) is 12.1 Å². The summed E-state index contributed by atoms with van der Waals surface area (Å²) in [4.78, 5) is 0.148. The fourth-order valence-corrected chi connectivity index (χ4v) is 1.63. The Bertz CT molecular complexity index is 599. The molecule has 2 aromatic carbocycles. The van der Waals surface area contributed by atoms with E-state index < -0.39 is 5.82 Å². The van der Waals surface area contributed by atoms with E-state index in [1.54, 1.807) is 37.4 Å². The summed E-state index contributed by atoms with van der Waals surface area (Å²) in [5, 5.41) is 0. The SMILES string of the molecule is COc1ccc(Oc2ccc(C(N)=S)cc2F)cc1. The van der Waals surface area contributed by atoms with Crippen molar-refractivity contribution in [2.75, 3.05) is 7.11 Å². The third-order valence-electron chi connectivity index (χ3n) is 2.50. The van der Waals surface area contributed by atoms with Crippen LogP contribution < -0.4 is 15.2 Å². The van der Waals surface area contributed by atoms with Gasteiger partial charge in [-0.25, -0.2) is 4.39 Å². The first-order chi connectivity index (χ1) is 9.10. The zero-order valence-corrected chi connectivity index (χ0v) is 11.0. The van der Waals surface area contributed by atoms with Crippen LogP contribution in [0.3, 0.4) is 0 Å². The number of hydrogen-bond acceptors (Lipinski definition) is 3. The lowest BCUT2D eigenvalue weighted by atomic mass is 10.2. The van der Waals surface area contributed by atoms with E-state index in [4.69, 9.17) is 27.4 Å². The van der Waals surface area contributed by atoms with Gasteiger partial charge < -0.3 is 15.2 Å². The van der Waals surface area contributed by atoms with E-state index in [9.17, 15) is 4.39 Å². The molecule has 2 N–H and O–H groups in total. The molecule has 0 aromatic heterocycles. The normalized spacial score (nSPS) is 10.0. The van der Waals surface area contributed by atoms with Crippen LogP contribution in [0.1, 0.15) is 5.56 Å². The van der Waals surface area contributed by atoms with Crippen molar-refractivity contribution in [1.29, 1.82) is 0 Å². The van der Waals surface area contributed by atoms with Crippen molar-refractivity contribution in [3.8, 4) is 17.2 Å². The molecular formula is C14H12FNO2S. The average Bonchev–Trinajstić information content (AvgIpc) is 2.41. The topological polar surface area (TPSA) is 44.5 Å². The van der Waals surface area contributed by atoms with Gasteiger partial charge in [0.25, 0.3) is 0 Å². The second-order valence-electron chi connectivity index (χ2n) is 3.79. The minimum Gasteiger partial charge on any atom is -0.497 e. The summed E-state index contributed by atoms with van der Waals surface area (Å²) in [7, 11) is 1.57. The Morgan fingerprint density at radius 1 is 1.11 bits per heavy atom. The molecule has 0 spiro atoms. The second kappa shape index (κ2) is 5.67.